The molecule has 1 aromatic rings. The summed E-state index contributed by atoms with van der Waals surface area (Å²) in [4.78, 5) is 26.8. The van der Waals surface area contributed by atoms with Gasteiger partial charge in [0, 0.05) is 17.1 Å². The summed E-state index contributed by atoms with van der Waals surface area (Å²) in [5.41, 5.74) is 0.533. The molecule has 2 fully saturated rings. The van der Waals surface area contributed by atoms with E-state index in [9.17, 15) is 9.59 Å². The highest BCUT2D eigenvalue weighted by Gasteiger charge is 2.37. The molecule has 1 heterocycles. The van der Waals surface area contributed by atoms with Crippen molar-refractivity contribution in [3.05, 3.63) is 28.2 Å². The van der Waals surface area contributed by atoms with Crippen LogP contribution in [0.3, 0.4) is 0 Å². The molecule has 118 valence electrons. The van der Waals surface area contributed by atoms with E-state index in [1.54, 1.807) is 30.2 Å². The molecule has 1 aliphatic carbocycles. The minimum atomic E-state index is -0.355. The molecule has 3 rings (SSSR count). The molecule has 1 saturated heterocycles. The average Bonchev–Trinajstić information content (AvgIpc) is 3.19. The van der Waals surface area contributed by atoms with E-state index in [1.165, 1.54) is 0 Å². The van der Waals surface area contributed by atoms with Crippen LogP contribution in [0, 0.1) is 0 Å². The highest BCUT2D eigenvalue weighted by Crippen LogP contribution is 2.28. The van der Waals surface area contributed by atoms with Crippen LogP contribution in [0.1, 0.15) is 36.0 Å². The van der Waals surface area contributed by atoms with E-state index in [2.05, 4.69) is 21.2 Å². The Morgan fingerprint density at radius 1 is 1.32 bits per heavy atom. The number of likely N-dealkylation sites (tertiary alicyclic amines) is 1. The van der Waals surface area contributed by atoms with Gasteiger partial charge >= 0.3 is 0 Å². The van der Waals surface area contributed by atoms with Crippen molar-refractivity contribution < 1.29 is 14.3 Å². The summed E-state index contributed by atoms with van der Waals surface area (Å²) in [6.07, 6.45) is 3.68. The third-order valence-corrected chi connectivity index (χ3v) is 4.84. The molecule has 1 atom stereocenters. The molecule has 2 amide bonds. The van der Waals surface area contributed by atoms with Gasteiger partial charge in [0.25, 0.3) is 5.91 Å². The SMILES string of the molecule is COc1ccc(Br)c(C(=O)N2CCCC2C(=O)NC2CC2)c1. The maximum Gasteiger partial charge on any atom is 0.255 e. The third kappa shape index (κ3) is 3.11. The molecule has 0 spiro atoms. The zero-order chi connectivity index (χ0) is 15.7. The summed E-state index contributed by atoms with van der Waals surface area (Å²) in [7, 11) is 1.57. The highest BCUT2D eigenvalue weighted by atomic mass is 79.9. The van der Waals surface area contributed by atoms with E-state index in [0.717, 1.165) is 25.7 Å². The zero-order valence-electron chi connectivity index (χ0n) is 12.5. The number of hydrogen-bond donors (Lipinski definition) is 1. The first-order valence-corrected chi connectivity index (χ1v) is 8.34. The van der Waals surface area contributed by atoms with Gasteiger partial charge in [-0.05, 0) is 59.8 Å². The van der Waals surface area contributed by atoms with Crippen LogP contribution in [-0.2, 0) is 4.79 Å². The lowest BCUT2D eigenvalue weighted by Crippen LogP contribution is -2.46. The van der Waals surface area contributed by atoms with Crippen molar-refractivity contribution in [1.82, 2.24) is 10.2 Å². The Bertz CT molecular complexity index is 601. The molecule has 1 aliphatic heterocycles. The van der Waals surface area contributed by atoms with Gasteiger partial charge in [-0.2, -0.15) is 0 Å². The lowest BCUT2D eigenvalue weighted by molar-refractivity contribution is -0.125. The van der Waals surface area contributed by atoms with Gasteiger partial charge in [0.15, 0.2) is 0 Å². The van der Waals surface area contributed by atoms with E-state index in [1.807, 2.05) is 0 Å². The molecule has 22 heavy (non-hydrogen) atoms. The average molecular weight is 367 g/mol. The maximum absolute atomic E-state index is 12.8. The van der Waals surface area contributed by atoms with Crippen molar-refractivity contribution in [3.63, 3.8) is 0 Å². The van der Waals surface area contributed by atoms with Crippen molar-refractivity contribution in [2.75, 3.05) is 13.7 Å². The van der Waals surface area contributed by atoms with E-state index < -0.39 is 0 Å². The minimum absolute atomic E-state index is 0.0210. The summed E-state index contributed by atoms with van der Waals surface area (Å²) < 4.78 is 5.90. The quantitative estimate of drug-likeness (QED) is 0.889. The summed E-state index contributed by atoms with van der Waals surface area (Å²) in [5.74, 6) is 0.483. The van der Waals surface area contributed by atoms with Crippen molar-refractivity contribution in [3.8, 4) is 5.75 Å². The van der Waals surface area contributed by atoms with Gasteiger partial charge in [-0.25, -0.2) is 0 Å². The van der Waals surface area contributed by atoms with Crippen LogP contribution >= 0.6 is 15.9 Å². The summed E-state index contributed by atoms with van der Waals surface area (Å²) in [6.45, 7) is 0.616. The molecule has 1 saturated carbocycles. The first kappa shape index (κ1) is 15.3. The van der Waals surface area contributed by atoms with E-state index in [4.69, 9.17) is 4.74 Å². The highest BCUT2D eigenvalue weighted by molar-refractivity contribution is 9.10. The van der Waals surface area contributed by atoms with Crippen LogP contribution in [0.25, 0.3) is 0 Å². The van der Waals surface area contributed by atoms with E-state index in [-0.39, 0.29) is 17.9 Å². The Morgan fingerprint density at radius 3 is 2.77 bits per heavy atom. The second kappa shape index (κ2) is 6.28. The Morgan fingerprint density at radius 2 is 2.09 bits per heavy atom. The summed E-state index contributed by atoms with van der Waals surface area (Å²) in [6, 6.07) is 5.25. The van der Waals surface area contributed by atoms with Crippen LogP contribution in [0.2, 0.25) is 0 Å². The molecule has 0 radical (unpaired) electrons. The number of halogens is 1. The number of hydrogen-bond acceptors (Lipinski definition) is 3. The van der Waals surface area contributed by atoms with Crippen LogP contribution < -0.4 is 10.1 Å². The normalized spacial score (nSPS) is 20.8. The Balaban J connectivity index is 1.79. The maximum atomic E-state index is 12.8. The first-order chi connectivity index (χ1) is 10.6. The molecule has 0 aromatic heterocycles. The second-order valence-corrected chi connectivity index (χ2v) is 6.64. The number of benzene rings is 1. The minimum Gasteiger partial charge on any atom is -0.497 e. The lowest BCUT2D eigenvalue weighted by atomic mass is 10.1. The van der Waals surface area contributed by atoms with Crippen molar-refractivity contribution in [1.29, 1.82) is 0 Å². The fourth-order valence-corrected chi connectivity index (χ4v) is 3.17. The fraction of sp³-hybridized carbons (Fsp3) is 0.500. The van der Waals surface area contributed by atoms with Gasteiger partial charge in [0.2, 0.25) is 5.91 Å². The monoisotopic (exact) mass is 366 g/mol. The van der Waals surface area contributed by atoms with E-state index in [0.29, 0.717) is 28.4 Å². The molecule has 6 heteroatoms. The lowest BCUT2D eigenvalue weighted by Gasteiger charge is -2.24. The smallest absolute Gasteiger partial charge is 0.255 e. The summed E-state index contributed by atoms with van der Waals surface area (Å²) >= 11 is 3.41. The van der Waals surface area contributed by atoms with Crippen LogP contribution in [-0.4, -0.2) is 42.5 Å². The van der Waals surface area contributed by atoms with Gasteiger partial charge in [-0.3, -0.25) is 9.59 Å². The topological polar surface area (TPSA) is 58.6 Å². The molecule has 2 aliphatic rings. The fourth-order valence-electron chi connectivity index (χ4n) is 2.76. The zero-order valence-corrected chi connectivity index (χ0v) is 14.1. The number of carbonyl (C=O) groups is 2. The molecule has 0 bridgehead atoms. The Hall–Kier alpha value is -1.56. The Labute approximate surface area is 138 Å². The predicted octanol–water partition coefficient (Wildman–Crippen LogP) is 2.34. The number of nitrogens with one attached hydrogen (secondary N) is 1. The standard InChI is InChI=1S/C16H19BrN2O3/c1-22-11-6-7-13(17)12(9-11)16(21)19-8-2-3-14(19)15(20)18-10-4-5-10/h6-7,9-10,14H,2-5,8H2,1H3,(H,18,20). The molecular formula is C16H19BrN2O3. The largest absolute Gasteiger partial charge is 0.497 e. The number of rotatable bonds is 4. The number of methoxy groups -OCH3 is 1. The second-order valence-electron chi connectivity index (χ2n) is 5.79. The predicted molar refractivity (Wildman–Crippen MR) is 85.9 cm³/mol. The molecular weight excluding hydrogens is 348 g/mol. The summed E-state index contributed by atoms with van der Waals surface area (Å²) in [5, 5.41) is 3.00. The van der Waals surface area contributed by atoms with Crippen molar-refractivity contribution >= 4 is 27.7 Å². The van der Waals surface area contributed by atoms with Crippen LogP contribution in [0.5, 0.6) is 5.75 Å². The van der Waals surface area contributed by atoms with Crippen molar-refractivity contribution in [2.24, 2.45) is 0 Å². The Kier molecular flexibility index (Phi) is 4.38. The molecule has 1 N–H and O–H groups in total. The van der Waals surface area contributed by atoms with Gasteiger partial charge in [-0.1, -0.05) is 0 Å². The van der Waals surface area contributed by atoms with Crippen LogP contribution in [0.4, 0.5) is 0 Å². The number of amides is 2. The molecule has 5 nitrogen and oxygen atoms in total. The first-order valence-electron chi connectivity index (χ1n) is 7.55. The van der Waals surface area contributed by atoms with Crippen molar-refractivity contribution in [2.45, 2.75) is 37.8 Å². The number of nitrogens with zero attached hydrogens (tertiary/aromatic N) is 1. The van der Waals surface area contributed by atoms with E-state index >= 15 is 0 Å². The third-order valence-electron chi connectivity index (χ3n) is 4.14. The molecule has 1 unspecified atom stereocenters. The number of ether oxygens (including phenoxy) is 1. The van der Waals surface area contributed by atoms with Crippen LogP contribution in [0.15, 0.2) is 22.7 Å². The molecule has 1 aromatic carbocycles. The number of carbonyl (C=O) groups excluding carboxylic acids is 2. The van der Waals surface area contributed by atoms with Gasteiger partial charge < -0.3 is 15.0 Å². The van der Waals surface area contributed by atoms with Gasteiger partial charge in [0.1, 0.15) is 11.8 Å². The van der Waals surface area contributed by atoms with Gasteiger partial charge in [-0.15, -0.1) is 0 Å². The van der Waals surface area contributed by atoms with Gasteiger partial charge in [0.05, 0.1) is 12.7 Å².